The van der Waals surface area contributed by atoms with E-state index < -0.39 is 17.9 Å². The van der Waals surface area contributed by atoms with E-state index in [-0.39, 0.29) is 13.0 Å². The number of carbonyl (C=O) groups excluding carboxylic acids is 1. The number of carbonyl (C=O) groups is 2. The third-order valence-corrected chi connectivity index (χ3v) is 4.14. The maximum Gasteiger partial charge on any atom is 0.326 e. The highest BCUT2D eigenvalue weighted by molar-refractivity contribution is 5.87. The first kappa shape index (κ1) is 18.3. The average Bonchev–Trinajstić information content (AvgIpc) is 3.09. The predicted octanol–water partition coefficient (Wildman–Crippen LogP) is 2.37. The van der Waals surface area contributed by atoms with Gasteiger partial charge in [-0.15, -0.1) is 0 Å². The lowest BCUT2D eigenvalue weighted by Crippen LogP contribution is -2.44. The number of nitrogens with one attached hydrogen (secondary N) is 2. The molecule has 2 aromatic carbocycles. The fourth-order valence-electron chi connectivity index (χ4n) is 2.80. The van der Waals surface area contributed by atoms with E-state index in [2.05, 4.69) is 10.3 Å². The molecule has 3 aromatic rings. The summed E-state index contributed by atoms with van der Waals surface area (Å²) in [7, 11) is 1.54. The molecule has 1 amide bonds. The van der Waals surface area contributed by atoms with Gasteiger partial charge in [0.1, 0.15) is 17.5 Å². The second-order valence-corrected chi connectivity index (χ2v) is 5.99. The number of para-hydroxylation sites is 1. The van der Waals surface area contributed by atoms with Crippen molar-refractivity contribution in [2.24, 2.45) is 0 Å². The molecule has 1 unspecified atom stereocenters. The maximum atomic E-state index is 12.1. The zero-order chi connectivity index (χ0) is 19.2. The fourth-order valence-corrected chi connectivity index (χ4v) is 2.80. The molecular weight excluding hydrogens is 348 g/mol. The smallest absolute Gasteiger partial charge is 0.326 e. The standard InChI is InChI=1S/C20H20N2O5/c1-26-14-5-4-6-15(10-14)27-12-19(23)22-18(20(24)25)9-13-11-21-17-8-3-2-7-16(13)17/h2-8,10-11,18,21H,9,12H2,1H3,(H,22,23)(H,24,25). The number of amides is 1. The number of ether oxygens (including phenoxy) is 2. The number of hydrogen-bond donors (Lipinski definition) is 3. The lowest BCUT2D eigenvalue weighted by atomic mass is 10.1. The van der Waals surface area contributed by atoms with Gasteiger partial charge in [0, 0.05) is 29.6 Å². The summed E-state index contributed by atoms with van der Waals surface area (Å²) in [6, 6.07) is 13.4. The molecule has 3 rings (SSSR count). The van der Waals surface area contributed by atoms with Crippen LogP contribution in [0.1, 0.15) is 5.56 Å². The van der Waals surface area contributed by atoms with Gasteiger partial charge in [0.2, 0.25) is 0 Å². The molecule has 7 nitrogen and oxygen atoms in total. The number of methoxy groups -OCH3 is 1. The first-order chi connectivity index (χ1) is 13.1. The molecule has 1 aromatic heterocycles. The highest BCUT2D eigenvalue weighted by Crippen LogP contribution is 2.20. The van der Waals surface area contributed by atoms with Crippen molar-refractivity contribution in [3.05, 3.63) is 60.3 Å². The molecular formula is C20H20N2O5. The normalized spacial score (nSPS) is 11.7. The molecule has 0 aliphatic carbocycles. The second kappa shape index (κ2) is 8.27. The van der Waals surface area contributed by atoms with E-state index in [4.69, 9.17) is 9.47 Å². The number of carboxylic acid groups (broad SMARTS) is 1. The van der Waals surface area contributed by atoms with Crippen molar-refractivity contribution in [1.82, 2.24) is 10.3 Å². The molecule has 0 fully saturated rings. The van der Waals surface area contributed by atoms with E-state index in [1.165, 1.54) is 7.11 Å². The molecule has 1 heterocycles. The Morgan fingerprint density at radius 2 is 1.93 bits per heavy atom. The van der Waals surface area contributed by atoms with Crippen molar-refractivity contribution in [3.8, 4) is 11.5 Å². The van der Waals surface area contributed by atoms with Crippen molar-refractivity contribution in [2.75, 3.05) is 13.7 Å². The lowest BCUT2D eigenvalue weighted by Gasteiger charge is -2.15. The molecule has 1 atom stereocenters. The molecule has 0 spiro atoms. The summed E-state index contributed by atoms with van der Waals surface area (Å²) in [4.78, 5) is 26.8. The highest BCUT2D eigenvalue weighted by atomic mass is 16.5. The minimum Gasteiger partial charge on any atom is -0.497 e. The first-order valence-electron chi connectivity index (χ1n) is 8.41. The van der Waals surface area contributed by atoms with E-state index in [1.54, 1.807) is 30.5 Å². The van der Waals surface area contributed by atoms with Crippen LogP contribution in [-0.2, 0) is 16.0 Å². The number of hydrogen-bond acceptors (Lipinski definition) is 4. The number of H-pyrrole nitrogens is 1. The number of aliphatic carboxylic acids is 1. The molecule has 27 heavy (non-hydrogen) atoms. The minimum absolute atomic E-state index is 0.171. The van der Waals surface area contributed by atoms with Gasteiger partial charge < -0.3 is 24.9 Å². The number of fused-ring (bicyclic) bond motifs is 1. The second-order valence-electron chi connectivity index (χ2n) is 5.99. The largest absolute Gasteiger partial charge is 0.497 e. The molecule has 7 heteroatoms. The third-order valence-electron chi connectivity index (χ3n) is 4.14. The first-order valence-corrected chi connectivity index (χ1v) is 8.41. The predicted molar refractivity (Wildman–Crippen MR) is 100 cm³/mol. The Morgan fingerprint density at radius 1 is 1.15 bits per heavy atom. The number of rotatable bonds is 8. The molecule has 0 radical (unpaired) electrons. The minimum atomic E-state index is -1.10. The van der Waals surface area contributed by atoms with Gasteiger partial charge in [0.15, 0.2) is 6.61 Å². The van der Waals surface area contributed by atoms with Crippen LogP contribution in [0, 0.1) is 0 Å². The van der Waals surface area contributed by atoms with Crippen LogP contribution in [0.4, 0.5) is 0 Å². The van der Waals surface area contributed by atoms with Gasteiger partial charge in [-0.2, -0.15) is 0 Å². The van der Waals surface area contributed by atoms with E-state index in [9.17, 15) is 14.7 Å². The van der Waals surface area contributed by atoms with Gasteiger partial charge in [-0.1, -0.05) is 24.3 Å². The molecule has 0 aliphatic rings. The Kier molecular flexibility index (Phi) is 5.61. The van der Waals surface area contributed by atoms with Gasteiger partial charge in [-0.25, -0.2) is 4.79 Å². The van der Waals surface area contributed by atoms with E-state index >= 15 is 0 Å². The molecule has 3 N–H and O–H groups in total. The summed E-state index contributed by atoms with van der Waals surface area (Å²) < 4.78 is 10.5. The van der Waals surface area contributed by atoms with Crippen LogP contribution in [0.5, 0.6) is 11.5 Å². The summed E-state index contributed by atoms with van der Waals surface area (Å²) >= 11 is 0. The maximum absolute atomic E-state index is 12.1. The summed E-state index contributed by atoms with van der Waals surface area (Å²) in [6.45, 7) is -0.287. The van der Waals surface area contributed by atoms with Crippen LogP contribution in [0.2, 0.25) is 0 Å². The monoisotopic (exact) mass is 368 g/mol. The Balaban J connectivity index is 1.62. The van der Waals surface area contributed by atoms with Gasteiger partial charge in [0.05, 0.1) is 7.11 Å². The van der Waals surface area contributed by atoms with Crippen molar-refractivity contribution in [3.63, 3.8) is 0 Å². The van der Waals surface area contributed by atoms with Gasteiger partial charge in [-0.05, 0) is 23.8 Å². The Morgan fingerprint density at radius 3 is 2.70 bits per heavy atom. The Bertz CT molecular complexity index is 950. The summed E-state index contributed by atoms with van der Waals surface area (Å²) in [6.07, 6.45) is 1.93. The fraction of sp³-hybridized carbons (Fsp3) is 0.200. The number of aromatic nitrogens is 1. The van der Waals surface area contributed by atoms with E-state index in [0.717, 1.165) is 16.5 Å². The van der Waals surface area contributed by atoms with Crippen LogP contribution in [-0.4, -0.2) is 41.7 Å². The van der Waals surface area contributed by atoms with E-state index in [0.29, 0.717) is 11.5 Å². The van der Waals surface area contributed by atoms with Crippen LogP contribution in [0.25, 0.3) is 10.9 Å². The molecule has 0 bridgehead atoms. The zero-order valence-corrected chi connectivity index (χ0v) is 14.8. The van der Waals surface area contributed by atoms with Crippen molar-refractivity contribution >= 4 is 22.8 Å². The molecule has 0 saturated carbocycles. The van der Waals surface area contributed by atoms with Gasteiger partial charge in [-0.3, -0.25) is 4.79 Å². The zero-order valence-electron chi connectivity index (χ0n) is 14.8. The number of carboxylic acids is 1. The Labute approximate surface area is 155 Å². The number of benzene rings is 2. The van der Waals surface area contributed by atoms with E-state index in [1.807, 2.05) is 24.3 Å². The van der Waals surface area contributed by atoms with Crippen molar-refractivity contribution in [1.29, 1.82) is 0 Å². The van der Waals surface area contributed by atoms with Crippen LogP contribution in [0.15, 0.2) is 54.7 Å². The quantitative estimate of drug-likeness (QED) is 0.567. The van der Waals surface area contributed by atoms with Crippen molar-refractivity contribution in [2.45, 2.75) is 12.5 Å². The van der Waals surface area contributed by atoms with Crippen LogP contribution in [0.3, 0.4) is 0 Å². The van der Waals surface area contributed by atoms with Gasteiger partial charge in [0.25, 0.3) is 5.91 Å². The SMILES string of the molecule is COc1cccc(OCC(=O)NC(Cc2c[nH]c3ccccc23)C(=O)O)c1. The van der Waals surface area contributed by atoms with Gasteiger partial charge >= 0.3 is 5.97 Å². The molecule has 0 saturated heterocycles. The van der Waals surface area contributed by atoms with Crippen LogP contribution >= 0.6 is 0 Å². The summed E-state index contributed by atoms with van der Waals surface area (Å²) in [5, 5.41) is 12.9. The summed E-state index contributed by atoms with van der Waals surface area (Å²) in [5.74, 6) is -0.538. The summed E-state index contributed by atoms with van der Waals surface area (Å²) in [5.41, 5.74) is 1.75. The van der Waals surface area contributed by atoms with Crippen molar-refractivity contribution < 1.29 is 24.2 Å². The lowest BCUT2D eigenvalue weighted by molar-refractivity contribution is -0.142. The average molecular weight is 368 g/mol. The Hall–Kier alpha value is -3.48. The highest BCUT2D eigenvalue weighted by Gasteiger charge is 2.22. The number of aromatic amines is 1. The van der Waals surface area contributed by atoms with Crippen LogP contribution < -0.4 is 14.8 Å². The topological polar surface area (TPSA) is 101 Å². The molecule has 0 aliphatic heterocycles. The molecule has 140 valence electrons. The third kappa shape index (κ3) is 4.58.